The molecule has 0 aliphatic carbocycles. The van der Waals surface area contributed by atoms with E-state index in [1.807, 2.05) is 24.3 Å². The molecule has 2 heterocycles. The molecule has 0 saturated carbocycles. The third-order valence-corrected chi connectivity index (χ3v) is 4.34. The zero-order valence-electron chi connectivity index (χ0n) is 12.8. The minimum absolute atomic E-state index is 0.101. The largest absolute Gasteiger partial charge is 0.335 e. The number of benzene rings is 1. The normalized spacial score (nSPS) is 15.5. The summed E-state index contributed by atoms with van der Waals surface area (Å²) in [7, 11) is 0. The standard InChI is InChI=1S/C15H16ClN5O2S/c16-11-3-1-10(2-4-11)9-20-5-7-21(8-6-20)14(23)12-13(22)17-15(24)19-18-12/h1-4H,5-9H2,(H2,17,19,22,24). The maximum absolute atomic E-state index is 12.4. The van der Waals surface area contributed by atoms with Crippen molar-refractivity contribution in [2.75, 3.05) is 26.2 Å². The summed E-state index contributed by atoms with van der Waals surface area (Å²) in [6.07, 6.45) is 0. The molecule has 1 aliphatic heterocycles. The van der Waals surface area contributed by atoms with Crippen molar-refractivity contribution in [1.82, 2.24) is 25.0 Å². The van der Waals surface area contributed by atoms with Gasteiger partial charge in [-0.15, -0.1) is 0 Å². The molecule has 1 saturated heterocycles. The van der Waals surface area contributed by atoms with Gasteiger partial charge in [0.25, 0.3) is 11.5 Å². The minimum atomic E-state index is -0.563. The molecule has 7 nitrogen and oxygen atoms in total. The van der Waals surface area contributed by atoms with Gasteiger partial charge < -0.3 is 4.90 Å². The fourth-order valence-electron chi connectivity index (χ4n) is 2.60. The Morgan fingerprint density at radius 1 is 1.21 bits per heavy atom. The van der Waals surface area contributed by atoms with Crippen LogP contribution in [0.3, 0.4) is 0 Å². The van der Waals surface area contributed by atoms with Gasteiger partial charge in [0, 0.05) is 37.7 Å². The number of piperazine rings is 1. The lowest BCUT2D eigenvalue weighted by Crippen LogP contribution is -2.49. The number of aromatic nitrogens is 3. The first-order chi connectivity index (χ1) is 11.5. The topological polar surface area (TPSA) is 85.1 Å². The summed E-state index contributed by atoms with van der Waals surface area (Å²) < 4.78 is 0.101. The Hall–Kier alpha value is -2.03. The predicted molar refractivity (Wildman–Crippen MR) is 92.7 cm³/mol. The third-order valence-electron chi connectivity index (χ3n) is 3.89. The van der Waals surface area contributed by atoms with E-state index >= 15 is 0 Å². The quantitative estimate of drug-likeness (QED) is 0.804. The lowest BCUT2D eigenvalue weighted by Gasteiger charge is -2.34. The second kappa shape index (κ2) is 7.25. The first kappa shape index (κ1) is 16.8. The highest BCUT2D eigenvalue weighted by Crippen LogP contribution is 2.13. The summed E-state index contributed by atoms with van der Waals surface area (Å²) in [6, 6.07) is 7.73. The number of hydrogen-bond acceptors (Lipinski definition) is 5. The summed E-state index contributed by atoms with van der Waals surface area (Å²) in [4.78, 5) is 30.4. The van der Waals surface area contributed by atoms with Gasteiger partial charge in [0.2, 0.25) is 5.69 Å². The van der Waals surface area contributed by atoms with Gasteiger partial charge in [-0.1, -0.05) is 23.7 Å². The van der Waals surface area contributed by atoms with Gasteiger partial charge in [-0.05, 0) is 29.9 Å². The maximum atomic E-state index is 12.4. The number of hydrogen-bond donors (Lipinski definition) is 2. The van der Waals surface area contributed by atoms with Gasteiger partial charge in [-0.3, -0.25) is 24.6 Å². The van der Waals surface area contributed by atoms with E-state index < -0.39 is 5.56 Å². The second-order valence-corrected chi connectivity index (χ2v) is 6.39. The molecule has 3 rings (SSSR count). The van der Waals surface area contributed by atoms with E-state index in [0.717, 1.165) is 19.6 Å². The van der Waals surface area contributed by atoms with Crippen LogP contribution >= 0.6 is 23.8 Å². The van der Waals surface area contributed by atoms with Crippen LogP contribution in [0.4, 0.5) is 0 Å². The Bertz CT molecular complexity index is 840. The van der Waals surface area contributed by atoms with Crippen molar-refractivity contribution in [2.45, 2.75) is 6.54 Å². The first-order valence-corrected chi connectivity index (χ1v) is 8.26. The van der Waals surface area contributed by atoms with Crippen LogP contribution in [0.25, 0.3) is 0 Å². The molecule has 1 aromatic carbocycles. The molecule has 126 valence electrons. The number of carbonyl (C=O) groups excluding carboxylic acids is 1. The average Bonchev–Trinajstić information content (AvgIpc) is 2.57. The molecule has 1 fully saturated rings. The number of aromatic amines is 2. The third kappa shape index (κ3) is 3.89. The fraction of sp³-hybridized carbons (Fsp3) is 0.333. The molecule has 0 atom stereocenters. The van der Waals surface area contributed by atoms with Crippen molar-refractivity contribution in [3.63, 3.8) is 0 Å². The van der Waals surface area contributed by atoms with E-state index in [1.54, 1.807) is 4.90 Å². The van der Waals surface area contributed by atoms with Crippen LogP contribution in [0.15, 0.2) is 29.1 Å². The predicted octanol–water partition coefficient (Wildman–Crippen LogP) is 1.44. The molecule has 0 radical (unpaired) electrons. The average molecular weight is 366 g/mol. The molecule has 1 aromatic heterocycles. The number of nitrogens with one attached hydrogen (secondary N) is 2. The van der Waals surface area contributed by atoms with Crippen LogP contribution in [0.1, 0.15) is 16.1 Å². The highest BCUT2D eigenvalue weighted by atomic mass is 35.5. The Balaban J connectivity index is 1.60. The van der Waals surface area contributed by atoms with Crippen LogP contribution in [0.5, 0.6) is 0 Å². The molecule has 1 amide bonds. The van der Waals surface area contributed by atoms with Gasteiger partial charge in [0.05, 0.1) is 0 Å². The molecule has 24 heavy (non-hydrogen) atoms. The highest BCUT2D eigenvalue weighted by Gasteiger charge is 2.25. The molecule has 1 aliphatic rings. The molecular weight excluding hydrogens is 350 g/mol. The van der Waals surface area contributed by atoms with Crippen molar-refractivity contribution in [1.29, 1.82) is 0 Å². The van der Waals surface area contributed by atoms with Crippen molar-refractivity contribution in [2.24, 2.45) is 0 Å². The number of H-pyrrole nitrogens is 2. The molecule has 0 bridgehead atoms. The van der Waals surface area contributed by atoms with Crippen molar-refractivity contribution in [3.8, 4) is 0 Å². The van der Waals surface area contributed by atoms with E-state index in [-0.39, 0.29) is 16.4 Å². The summed E-state index contributed by atoms with van der Waals surface area (Å²) in [5.74, 6) is -0.381. The van der Waals surface area contributed by atoms with Crippen LogP contribution < -0.4 is 5.56 Å². The summed E-state index contributed by atoms with van der Waals surface area (Å²) in [6.45, 7) is 3.35. The fourth-order valence-corrected chi connectivity index (χ4v) is 2.86. The number of carbonyl (C=O) groups is 1. The maximum Gasteiger partial charge on any atom is 0.283 e. The minimum Gasteiger partial charge on any atom is -0.335 e. The monoisotopic (exact) mass is 365 g/mol. The number of amides is 1. The zero-order chi connectivity index (χ0) is 17.1. The Kier molecular flexibility index (Phi) is 5.08. The van der Waals surface area contributed by atoms with Gasteiger partial charge in [0.1, 0.15) is 0 Å². The smallest absolute Gasteiger partial charge is 0.283 e. The molecule has 2 N–H and O–H groups in total. The van der Waals surface area contributed by atoms with Gasteiger partial charge in [-0.25, -0.2) is 0 Å². The molecule has 0 unspecified atom stereocenters. The molecule has 0 spiro atoms. The van der Waals surface area contributed by atoms with Crippen LogP contribution in [0, 0.1) is 4.77 Å². The Morgan fingerprint density at radius 3 is 2.50 bits per heavy atom. The van der Waals surface area contributed by atoms with E-state index in [0.29, 0.717) is 18.1 Å². The first-order valence-electron chi connectivity index (χ1n) is 7.48. The summed E-state index contributed by atoms with van der Waals surface area (Å²) in [5, 5.41) is 6.92. The lowest BCUT2D eigenvalue weighted by molar-refractivity contribution is 0.0619. The SMILES string of the molecule is O=C(c1n[nH]c(=S)[nH]c1=O)N1CCN(Cc2ccc(Cl)cc2)CC1. The van der Waals surface area contributed by atoms with E-state index in [1.165, 1.54) is 5.56 Å². The Labute approximate surface area is 148 Å². The molecular formula is C15H16ClN5O2S. The van der Waals surface area contributed by atoms with E-state index in [4.69, 9.17) is 23.8 Å². The van der Waals surface area contributed by atoms with E-state index in [9.17, 15) is 9.59 Å². The molecule has 9 heteroatoms. The van der Waals surface area contributed by atoms with Crippen LogP contribution in [-0.2, 0) is 6.54 Å². The van der Waals surface area contributed by atoms with Crippen LogP contribution in [0.2, 0.25) is 5.02 Å². The summed E-state index contributed by atoms with van der Waals surface area (Å²) >= 11 is 10.7. The number of nitrogens with zero attached hydrogens (tertiary/aromatic N) is 3. The lowest BCUT2D eigenvalue weighted by atomic mass is 10.2. The molecule has 2 aromatic rings. The van der Waals surface area contributed by atoms with Crippen molar-refractivity contribution < 1.29 is 4.79 Å². The summed E-state index contributed by atoms with van der Waals surface area (Å²) in [5.41, 5.74) is 0.454. The van der Waals surface area contributed by atoms with E-state index in [2.05, 4.69) is 20.1 Å². The van der Waals surface area contributed by atoms with Crippen molar-refractivity contribution >= 4 is 29.7 Å². The second-order valence-electron chi connectivity index (χ2n) is 5.55. The zero-order valence-corrected chi connectivity index (χ0v) is 14.4. The van der Waals surface area contributed by atoms with Gasteiger partial charge >= 0.3 is 0 Å². The number of halogens is 1. The highest BCUT2D eigenvalue weighted by molar-refractivity contribution is 7.71. The van der Waals surface area contributed by atoms with Crippen molar-refractivity contribution in [3.05, 3.63) is 55.7 Å². The Morgan fingerprint density at radius 2 is 1.88 bits per heavy atom. The van der Waals surface area contributed by atoms with Gasteiger partial charge in [-0.2, -0.15) is 5.10 Å². The number of rotatable bonds is 3. The van der Waals surface area contributed by atoms with Gasteiger partial charge in [0.15, 0.2) is 4.77 Å². The van der Waals surface area contributed by atoms with Crippen LogP contribution in [-0.4, -0.2) is 57.1 Å².